The number of fused-ring (bicyclic) bond motifs is 3. The molecule has 6 nitrogen and oxygen atoms in total. The quantitative estimate of drug-likeness (QED) is 0.370. The molecule has 0 aliphatic heterocycles. The van der Waals surface area contributed by atoms with Crippen LogP contribution in [0.1, 0.15) is 21.7 Å². The second kappa shape index (κ2) is 8.71. The van der Waals surface area contributed by atoms with Crippen LogP contribution in [0.3, 0.4) is 0 Å². The zero-order chi connectivity index (χ0) is 22.9. The van der Waals surface area contributed by atoms with Crippen molar-refractivity contribution in [2.75, 3.05) is 0 Å². The van der Waals surface area contributed by atoms with Gasteiger partial charge in [0.2, 0.25) is 0 Å². The fourth-order valence-electron chi connectivity index (χ4n) is 3.92. The van der Waals surface area contributed by atoms with Gasteiger partial charge in [0, 0.05) is 47.2 Å². The number of nitrogens with one attached hydrogen (secondary N) is 1. The number of halogens is 1. The summed E-state index contributed by atoms with van der Waals surface area (Å²) in [5, 5.41) is 14.3. The van der Waals surface area contributed by atoms with Crippen LogP contribution in [0, 0.1) is 5.82 Å². The first kappa shape index (κ1) is 21.2. The van der Waals surface area contributed by atoms with E-state index >= 15 is 0 Å². The van der Waals surface area contributed by atoms with Crippen LogP contribution in [0.4, 0.5) is 4.39 Å². The number of hydrogen-bond donors (Lipinski definition) is 1. The number of carbonyl (C=O) groups excluding carboxylic acids is 1. The molecule has 5 rings (SSSR count). The molecule has 0 aliphatic carbocycles. The highest BCUT2D eigenvalue weighted by atomic mass is 32.2. The number of para-hydroxylation sites is 1. The summed E-state index contributed by atoms with van der Waals surface area (Å²) >= 11 is 1.51. The van der Waals surface area contributed by atoms with Gasteiger partial charge in [-0.1, -0.05) is 42.1 Å². The minimum atomic E-state index is -0.250. The third kappa shape index (κ3) is 4.09. The van der Waals surface area contributed by atoms with E-state index in [1.807, 2.05) is 49.0 Å². The van der Waals surface area contributed by atoms with Gasteiger partial charge < -0.3 is 14.5 Å². The van der Waals surface area contributed by atoms with Gasteiger partial charge in [-0.2, -0.15) is 0 Å². The van der Waals surface area contributed by atoms with Crippen LogP contribution in [0.2, 0.25) is 0 Å². The van der Waals surface area contributed by atoms with Crippen LogP contribution in [-0.4, -0.2) is 25.2 Å². The van der Waals surface area contributed by atoms with Gasteiger partial charge >= 0.3 is 0 Å². The van der Waals surface area contributed by atoms with E-state index in [0.29, 0.717) is 17.1 Å². The first-order valence-corrected chi connectivity index (χ1v) is 11.5. The number of aryl methyl sites for hydroxylation is 1. The molecule has 0 bridgehead atoms. The van der Waals surface area contributed by atoms with Gasteiger partial charge in [0.1, 0.15) is 5.82 Å². The van der Waals surface area contributed by atoms with E-state index in [1.165, 1.54) is 23.9 Å². The van der Waals surface area contributed by atoms with E-state index in [-0.39, 0.29) is 18.3 Å². The van der Waals surface area contributed by atoms with Crippen molar-refractivity contribution < 1.29 is 9.18 Å². The normalized spacial score (nSPS) is 11.4. The van der Waals surface area contributed by atoms with Crippen LogP contribution in [0.15, 0.2) is 71.9 Å². The molecule has 0 saturated carbocycles. The Morgan fingerprint density at radius 3 is 2.52 bits per heavy atom. The summed E-state index contributed by atoms with van der Waals surface area (Å²) in [6, 6.07) is 20.3. The van der Waals surface area contributed by atoms with Crippen LogP contribution < -0.4 is 5.32 Å². The molecule has 8 heteroatoms. The average molecular weight is 460 g/mol. The molecule has 5 aromatic rings. The molecule has 3 aromatic carbocycles. The van der Waals surface area contributed by atoms with Crippen LogP contribution in [0.5, 0.6) is 0 Å². The highest BCUT2D eigenvalue weighted by Crippen LogP contribution is 2.28. The number of nitrogens with zero attached hydrogens (tertiary/aromatic N) is 4. The number of thioether (sulfide) groups is 1. The highest BCUT2D eigenvalue weighted by molar-refractivity contribution is 7.98. The molecule has 1 N–H and O–H groups in total. The lowest BCUT2D eigenvalue weighted by atomic mass is 10.1. The zero-order valence-electron chi connectivity index (χ0n) is 18.2. The van der Waals surface area contributed by atoms with E-state index in [1.54, 1.807) is 12.1 Å². The summed E-state index contributed by atoms with van der Waals surface area (Å²) in [5.41, 5.74) is 3.83. The molecule has 0 spiro atoms. The molecule has 33 heavy (non-hydrogen) atoms. The first-order chi connectivity index (χ1) is 16.0. The Hall–Kier alpha value is -3.65. The van der Waals surface area contributed by atoms with Crippen molar-refractivity contribution >= 4 is 39.5 Å². The van der Waals surface area contributed by atoms with Gasteiger partial charge in [0.15, 0.2) is 11.0 Å². The second-order valence-corrected chi connectivity index (χ2v) is 8.81. The molecule has 0 aliphatic rings. The van der Waals surface area contributed by atoms with E-state index in [0.717, 1.165) is 32.5 Å². The van der Waals surface area contributed by atoms with Crippen molar-refractivity contribution in [1.29, 1.82) is 0 Å². The lowest BCUT2D eigenvalue weighted by molar-refractivity contribution is 0.0949. The maximum Gasteiger partial charge on any atom is 0.251 e. The fourth-order valence-corrected chi connectivity index (χ4v) is 4.81. The van der Waals surface area contributed by atoms with Crippen LogP contribution in [-0.2, 0) is 26.4 Å². The molecule has 2 heterocycles. The molecule has 166 valence electrons. The van der Waals surface area contributed by atoms with Crippen molar-refractivity contribution in [3.8, 4) is 0 Å². The minimum Gasteiger partial charge on any atom is -0.345 e. The summed E-state index contributed by atoms with van der Waals surface area (Å²) in [4.78, 5) is 12.8. The van der Waals surface area contributed by atoms with E-state index in [4.69, 9.17) is 0 Å². The zero-order valence-corrected chi connectivity index (χ0v) is 19.1. The maximum absolute atomic E-state index is 13.1. The lowest BCUT2D eigenvalue weighted by Crippen LogP contribution is -2.24. The van der Waals surface area contributed by atoms with Gasteiger partial charge in [0.25, 0.3) is 5.91 Å². The van der Waals surface area contributed by atoms with Gasteiger partial charge in [-0.05, 0) is 42.0 Å². The van der Waals surface area contributed by atoms with Gasteiger partial charge in [-0.25, -0.2) is 4.39 Å². The van der Waals surface area contributed by atoms with Crippen molar-refractivity contribution in [2.45, 2.75) is 17.5 Å². The van der Waals surface area contributed by atoms with Crippen molar-refractivity contribution in [3.05, 3.63) is 89.5 Å². The number of carbonyl (C=O) groups is 1. The molecular weight excluding hydrogens is 437 g/mol. The van der Waals surface area contributed by atoms with Gasteiger partial charge in [-0.3, -0.25) is 4.79 Å². The van der Waals surface area contributed by atoms with Gasteiger partial charge in [-0.15, -0.1) is 10.2 Å². The predicted octanol–water partition coefficient (Wildman–Crippen LogP) is 4.82. The number of benzene rings is 3. The Morgan fingerprint density at radius 2 is 1.70 bits per heavy atom. The number of aromatic nitrogens is 4. The fraction of sp³-hybridized carbons (Fsp3) is 0.160. The summed E-state index contributed by atoms with van der Waals surface area (Å²) in [6.07, 6.45) is 0. The number of hydrogen-bond acceptors (Lipinski definition) is 4. The molecule has 0 fully saturated rings. The first-order valence-electron chi connectivity index (χ1n) is 10.5. The average Bonchev–Trinajstić information content (AvgIpc) is 3.34. The largest absolute Gasteiger partial charge is 0.345 e. The summed E-state index contributed by atoms with van der Waals surface area (Å²) in [7, 11) is 3.90. The molecule has 0 saturated heterocycles. The number of amides is 1. The lowest BCUT2D eigenvalue weighted by Gasteiger charge is -2.07. The van der Waals surface area contributed by atoms with Crippen molar-refractivity contribution in [1.82, 2.24) is 24.6 Å². The van der Waals surface area contributed by atoms with E-state index < -0.39 is 0 Å². The standard InChI is InChI=1S/C25H22FN5OS/c1-30-21-6-4-3-5-19(21)20-13-17(9-12-22(20)30)24(32)27-14-23-28-29-25(31(23)2)33-15-16-7-10-18(26)11-8-16/h3-13H,14-15H2,1-2H3,(H,27,32). The Balaban J connectivity index is 1.28. The van der Waals surface area contributed by atoms with Crippen molar-refractivity contribution in [3.63, 3.8) is 0 Å². The molecule has 0 radical (unpaired) electrons. The molecule has 0 unspecified atom stereocenters. The van der Waals surface area contributed by atoms with Gasteiger partial charge in [0.05, 0.1) is 6.54 Å². The minimum absolute atomic E-state index is 0.159. The van der Waals surface area contributed by atoms with Crippen LogP contribution >= 0.6 is 11.8 Å². The summed E-state index contributed by atoms with van der Waals surface area (Å²) in [6.45, 7) is 0.271. The van der Waals surface area contributed by atoms with Crippen molar-refractivity contribution in [2.24, 2.45) is 14.1 Å². The molecule has 1 amide bonds. The topological polar surface area (TPSA) is 64.7 Å². The predicted molar refractivity (Wildman–Crippen MR) is 129 cm³/mol. The Kier molecular flexibility index (Phi) is 5.60. The Labute approximate surface area is 194 Å². The van der Waals surface area contributed by atoms with Crippen LogP contribution in [0.25, 0.3) is 21.8 Å². The second-order valence-electron chi connectivity index (χ2n) is 7.86. The maximum atomic E-state index is 13.1. The summed E-state index contributed by atoms with van der Waals surface area (Å²) < 4.78 is 17.1. The summed E-state index contributed by atoms with van der Waals surface area (Å²) in [5.74, 6) is 0.911. The highest BCUT2D eigenvalue weighted by Gasteiger charge is 2.14. The Bertz CT molecular complexity index is 1470. The third-order valence-electron chi connectivity index (χ3n) is 5.79. The third-order valence-corrected chi connectivity index (χ3v) is 6.88. The molecule has 0 atom stereocenters. The van der Waals surface area contributed by atoms with E-state index in [2.05, 4.69) is 32.2 Å². The SMILES string of the molecule is Cn1c(CNC(=O)c2ccc3c(c2)c2ccccc2n3C)nnc1SCc1ccc(F)cc1. The monoisotopic (exact) mass is 459 g/mol. The molecular formula is C25H22FN5OS. The molecule has 2 aromatic heterocycles. The Morgan fingerprint density at radius 1 is 0.939 bits per heavy atom. The van der Waals surface area contributed by atoms with E-state index in [9.17, 15) is 9.18 Å². The number of rotatable bonds is 6. The smallest absolute Gasteiger partial charge is 0.251 e.